The Hall–Kier alpha value is -4.05. The minimum atomic E-state index is -0.494. The molecule has 162 valence electrons. The number of nitrogens with two attached hydrogens (primary N) is 1. The fraction of sp³-hybridized carbons (Fsp3) is 0.0909. The molecule has 2 aromatic carbocycles. The molecule has 8 nitrogen and oxygen atoms in total. The summed E-state index contributed by atoms with van der Waals surface area (Å²) in [6, 6.07) is 16.2. The van der Waals surface area contributed by atoms with Crippen molar-refractivity contribution in [2.45, 2.75) is 6.42 Å². The van der Waals surface area contributed by atoms with E-state index in [1.165, 1.54) is 28.2 Å². The highest BCUT2D eigenvalue weighted by Gasteiger charge is 2.19. The number of amides is 2. The van der Waals surface area contributed by atoms with Crippen molar-refractivity contribution in [2.75, 3.05) is 11.9 Å². The molecule has 0 aliphatic rings. The Balaban J connectivity index is 1.53. The summed E-state index contributed by atoms with van der Waals surface area (Å²) in [5.74, 6) is -0.307. The van der Waals surface area contributed by atoms with E-state index < -0.39 is 11.8 Å². The van der Waals surface area contributed by atoms with Gasteiger partial charge in [0, 0.05) is 5.69 Å². The second-order valence-corrected chi connectivity index (χ2v) is 7.62. The van der Waals surface area contributed by atoms with Crippen LogP contribution in [0.25, 0.3) is 16.4 Å². The number of nitrogens with zero attached hydrogens (tertiary/aromatic N) is 3. The van der Waals surface area contributed by atoms with E-state index in [0.29, 0.717) is 22.9 Å². The first kappa shape index (κ1) is 21.2. The molecule has 0 aliphatic heterocycles. The van der Waals surface area contributed by atoms with E-state index in [2.05, 4.69) is 15.4 Å². The number of carbonyl (C=O) groups is 2. The largest absolute Gasteiger partial charge is 0.493 e. The van der Waals surface area contributed by atoms with Crippen LogP contribution in [0.15, 0.2) is 66.0 Å². The normalized spacial score (nSPS) is 10.7. The molecule has 0 aliphatic carbocycles. The van der Waals surface area contributed by atoms with Crippen molar-refractivity contribution in [1.82, 2.24) is 14.8 Å². The number of benzene rings is 2. The van der Waals surface area contributed by atoms with Crippen LogP contribution in [0, 0.1) is 5.82 Å². The topological polar surface area (TPSA) is 112 Å². The van der Waals surface area contributed by atoms with Crippen molar-refractivity contribution < 1.29 is 18.7 Å². The Labute approximate surface area is 186 Å². The second kappa shape index (κ2) is 9.40. The van der Waals surface area contributed by atoms with Gasteiger partial charge in [0.2, 0.25) is 11.7 Å². The third-order valence-electron chi connectivity index (χ3n) is 4.35. The molecule has 0 radical (unpaired) electrons. The first-order chi connectivity index (χ1) is 15.5. The summed E-state index contributed by atoms with van der Waals surface area (Å²) in [6.07, 6.45) is 0.118. The lowest BCUT2D eigenvalue weighted by molar-refractivity contribution is -0.118. The minimum absolute atomic E-state index is 0.0282. The predicted molar refractivity (Wildman–Crippen MR) is 118 cm³/mol. The number of thiophene rings is 1. The Morgan fingerprint density at radius 2 is 1.84 bits per heavy atom. The zero-order chi connectivity index (χ0) is 22.5. The lowest BCUT2D eigenvalue weighted by Gasteiger charge is -2.06. The summed E-state index contributed by atoms with van der Waals surface area (Å²) in [5, 5.41) is 8.98. The van der Waals surface area contributed by atoms with Gasteiger partial charge in [-0.15, -0.1) is 16.4 Å². The van der Waals surface area contributed by atoms with E-state index in [0.717, 1.165) is 4.88 Å². The Kier molecular flexibility index (Phi) is 6.22. The summed E-state index contributed by atoms with van der Waals surface area (Å²) in [6.45, 7) is 0.178. The van der Waals surface area contributed by atoms with Crippen LogP contribution in [0.1, 0.15) is 17.0 Å². The monoisotopic (exact) mass is 451 g/mol. The fourth-order valence-corrected chi connectivity index (χ4v) is 3.53. The average Bonchev–Trinajstić information content (AvgIpc) is 3.45. The number of hydrogen-bond acceptors (Lipinski definition) is 6. The number of carbonyl (C=O) groups excluding carboxylic acids is 2. The van der Waals surface area contributed by atoms with Gasteiger partial charge in [-0.1, -0.05) is 6.07 Å². The van der Waals surface area contributed by atoms with E-state index in [1.807, 2.05) is 17.5 Å². The van der Waals surface area contributed by atoms with Crippen molar-refractivity contribution >= 4 is 28.8 Å². The highest BCUT2D eigenvalue weighted by molar-refractivity contribution is 7.13. The minimum Gasteiger partial charge on any atom is -0.493 e. The summed E-state index contributed by atoms with van der Waals surface area (Å²) in [7, 11) is 0. The number of primary amides is 1. The van der Waals surface area contributed by atoms with Crippen molar-refractivity contribution in [3.8, 4) is 22.1 Å². The van der Waals surface area contributed by atoms with Crippen molar-refractivity contribution in [1.29, 1.82) is 0 Å². The van der Waals surface area contributed by atoms with E-state index in [1.54, 1.807) is 36.4 Å². The molecule has 0 fully saturated rings. The number of rotatable bonds is 8. The molecule has 10 heteroatoms. The van der Waals surface area contributed by atoms with E-state index in [4.69, 9.17) is 10.5 Å². The third kappa shape index (κ3) is 4.98. The van der Waals surface area contributed by atoms with Crippen molar-refractivity contribution in [3.63, 3.8) is 0 Å². The van der Waals surface area contributed by atoms with E-state index in [9.17, 15) is 14.0 Å². The quantitative estimate of drug-likeness (QED) is 0.425. The first-order valence-corrected chi connectivity index (χ1v) is 10.5. The Bertz CT molecular complexity index is 1220. The van der Waals surface area contributed by atoms with Gasteiger partial charge in [-0.2, -0.15) is 0 Å². The maximum Gasteiger partial charge on any atom is 0.295 e. The van der Waals surface area contributed by atoms with Crippen LogP contribution in [0.3, 0.4) is 0 Å². The molecule has 2 amide bonds. The summed E-state index contributed by atoms with van der Waals surface area (Å²) in [4.78, 5) is 28.8. The summed E-state index contributed by atoms with van der Waals surface area (Å²) >= 11 is 1.45. The third-order valence-corrected chi connectivity index (χ3v) is 5.22. The van der Waals surface area contributed by atoms with Gasteiger partial charge < -0.3 is 15.8 Å². The molecule has 3 N–H and O–H groups in total. The van der Waals surface area contributed by atoms with Gasteiger partial charge >= 0.3 is 0 Å². The molecule has 0 spiro atoms. The molecule has 4 rings (SSSR count). The predicted octanol–water partition coefficient (Wildman–Crippen LogP) is 3.64. The highest BCUT2D eigenvalue weighted by atomic mass is 32.1. The number of nitrogens with one attached hydrogen (secondary N) is 1. The maximum absolute atomic E-state index is 13.3. The number of aromatic nitrogens is 3. The molecule has 0 bridgehead atoms. The molecule has 2 aromatic heterocycles. The molecular formula is C22H18FN5O3S. The number of halogens is 1. The SMILES string of the molecule is NC(=O)CCOc1ccc(NC(=O)c2nc(-c3cccs3)n(-c3ccc(F)cc3)n2)cc1. The van der Waals surface area contributed by atoms with Gasteiger partial charge in [0.15, 0.2) is 5.82 Å². The van der Waals surface area contributed by atoms with Gasteiger partial charge in [-0.25, -0.2) is 14.1 Å². The second-order valence-electron chi connectivity index (χ2n) is 6.67. The Morgan fingerprint density at radius 1 is 1.09 bits per heavy atom. The van der Waals surface area contributed by atoms with Gasteiger partial charge in [-0.05, 0) is 60.0 Å². The van der Waals surface area contributed by atoms with E-state index in [-0.39, 0.29) is 24.7 Å². The van der Waals surface area contributed by atoms with Crippen LogP contribution in [-0.2, 0) is 4.79 Å². The summed E-state index contributed by atoms with van der Waals surface area (Å²) < 4.78 is 20.3. The van der Waals surface area contributed by atoms with Crippen LogP contribution in [0.4, 0.5) is 10.1 Å². The van der Waals surface area contributed by atoms with Gasteiger partial charge in [-0.3, -0.25) is 9.59 Å². The first-order valence-electron chi connectivity index (χ1n) is 9.59. The highest BCUT2D eigenvalue weighted by Crippen LogP contribution is 2.26. The number of ether oxygens (including phenoxy) is 1. The van der Waals surface area contributed by atoms with Crippen LogP contribution < -0.4 is 15.8 Å². The lowest BCUT2D eigenvalue weighted by atomic mass is 10.3. The zero-order valence-corrected chi connectivity index (χ0v) is 17.5. The van der Waals surface area contributed by atoms with E-state index >= 15 is 0 Å². The van der Waals surface area contributed by atoms with Gasteiger partial charge in [0.05, 0.1) is 23.6 Å². The molecular weight excluding hydrogens is 433 g/mol. The standard InChI is InChI=1S/C22H18FN5O3S/c23-14-3-7-16(8-4-14)28-21(18-2-1-13-32-18)26-20(27-28)22(30)25-15-5-9-17(10-6-15)31-12-11-19(24)29/h1-10,13H,11-12H2,(H2,24,29)(H,25,30). The van der Waals surface area contributed by atoms with Gasteiger partial charge in [0.25, 0.3) is 5.91 Å². The van der Waals surface area contributed by atoms with Crippen molar-refractivity contribution in [3.05, 3.63) is 77.7 Å². The lowest BCUT2D eigenvalue weighted by Crippen LogP contribution is -2.15. The molecule has 0 saturated heterocycles. The summed E-state index contributed by atoms with van der Waals surface area (Å²) in [5.41, 5.74) is 6.19. The molecule has 2 heterocycles. The maximum atomic E-state index is 13.3. The number of hydrogen-bond donors (Lipinski definition) is 2. The zero-order valence-electron chi connectivity index (χ0n) is 16.7. The van der Waals surface area contributed by atoms with Crippen LogP contribution >= 0.6 is 11.3 Å². The van der Waals surface area contributed by atoms with Gasteiger partial charge in [0.1, 0.15) is 11.6 Å². The molecule has 0 saturated carbocycles. The van der Waals surface area contributed by atoms with Crippen LogP contribution in [-0.4, -0.2) is 33.2 Å². The fourth-order valence-electron chi connectivity index (χ4n) is 2.83. The van der Waals surface area contributed by atoms with Crippen LogP contribution in [0.2, 0.25) is 0 Å². The number of anilines is 1. The van der Waals surface area contributed by atoms with Crippen LogP contribution in [0.5, 0.6) is 5.75 Å². The van der Waals surface area contributed by atoms with Crippen molar-refractivity contribution in [2.24, 2.45) is 5.73 Å². The molecule has 4 aromatic rings. The average molecular weight is 451 g/mol. The molecule has 0 atom stereocenters. The molecule has 32 heavy (non-hydrogen) atoms. The Morgan fingerprint density at radius 3 is 2.50 bits per heavy atom. The molecule has 0 unspecified atom stereocenters. The smallest absolute Gasteiger partial charge is 0.295 e.